The molecule has 0 aliphatic heterocycles. The van der Waals surface area contributed by atoms with Gasteiger partial charge in [-0.2, -0.15) is 0 Å². The maximum Gasteiger partial charge on any atom is 0.126 e. The second-order valence-electron chi connectivity index (χ2n) is 4.41. The van der Waals surface area contributed by atoms with Crippen LogP contribution >= 0.6 is 7.92 Å². The lowest BCUT2D eigenvalue weighted by molar-refractivity contribution is 0.619. The maximum absolute atomic E-state index is 13.5. The van der Waals surface area contributed by atoms with Crippen LogP contribution in [0.5, 0.6) is 0 Å². The summed E-state index contributed by atoms with van der Waals surface area (Å²) in [4.78, 5) is 0. The number of hydrogen-bond donors (Lipinski definition) is 0. The molecule has 2 aromatic carbocycles. The van der Waals surface area contributed by atoms with E-state index in [4.69, 9.17) is 0 Å². The van der Waals surface area contributed by atoms with E-state index < -0.39 is 0 Å². The van der Waals surface area contributed by atoms with E-state index in [1.54, 1.807) is 13.0 Å². The number of halogens is 1. The van der Waals surface area contributed by atoms with Crippen LogP contribution in [0, 0.1) is 12.7 Å². The first-order valence-electron chi connectivity index (χ1n) is 5.62. The van der Waals surface area contributed by atoms with Crippen LogP contribution in [0.4, 0.5) is 4.39 Å². The Balaban J connectivity index is 2.36. The molecule has 0 bridgehead atoms. The molecule has 0 atom stereocenters. The molecule has 0 N–H and O–H groups in total. The van der Waals surface area contributed by atoms with Crippen molar-refractivity contribution in [3.8, 4) is 11.1 Å². The van der Waals surface area contributed by atoms with Crippen LogP contribution in [0.25, 0.3) is 11.1 Å². The maximum atomic E-state index is 13.5. The summed E-state index contributed by atoms with van der Waals surface area (Å²) >= 11 is 0. The molecule has 0 amide bonds. The van der Waals surface area contributed by atoms with Gasteiger partial charge in [-0.15, -0.1) is 0 Å². The van der Waals surface area contributed by atoms with Crippen molar-refractivity contribution >= 4 is 13.2 Å². The highest BCUT2D eigenvalue weighted by molar-refractivity contribution is 7.64. The third-order valence-electron chi connectivity index (χ3n) is 2.89. The minimum absolute atomic E-state index is 0.0623. The van der Waals surface area contributed by atoms with Crippen LogP contribution in [0.2, 0.25) is 0 Å². The fourth-order valence-corrected chi connectivity index (χ4v) is 2.47. The Kier molecular flexibility index (Phi) is 3.59. The van der Waals surface area contributed by atoms with Crippen molar-refractivity contribution in [3.05, 3.63) is 53.8 Å². The fraction of sp³-hybridized carbons (Fsp3) is 0.200. The van der Waals surface area contributed by atoms with Gasteiger partial charge in [-0.1, -0.05) is 44.3 Å². The van der Waals surface area contributed by atoms with Gasteiger partial charge in [0.15, 0.2) is 0 Å². The summed E-state index contributed by atoms with van der Waals surface area (Å²) in [6.45, 7) is 6.25. The summed E-state index contributed by atoms with van der Waals surface area (Å²) in [5.74, 6) is -0.139. The molecular weight excluding hydrogens is 230 g/mol. The Bertz CT molecular complexity index is 515. The third-order valence-corrected chi connectivity index (χ3v) is 4.22. The van der Waals surface area contributed by atoms with Crippen LogP contribution < -0.4 is 5.30 Å². The molecule has 0 heterocycles. The molecule has 0 nitrogen and oxygen atoms in total. The lowest BCUT2D eigenvalue weighted by Gasteiger charge is -2.08. The molecule has 0 fully saturated rings. The van der Waals surface area contributed by atoms with Crippen molar-refractivity contribution in [1.82, 2.24) is 0 Å². The quantitative estimate of drug-likeness (QED) is 0.698. The van der Waals surface area contributed by atoms with E-state index in [1.807, 2.05) is 12.1 Å². The number of benzene rings is 2. The molecule has 0 aromatic heterocycles. The Morgan fingerprint density at radius 3 is 2.00 bits per heavy atom. The summed E-state index contributed by atoms with van der Waals surface area (Å²) in [6, 6.07) is 13.8. The van der Waals surface area contributed by atoms with Gasteiger partial charge in [0.2, 0.25) is 0 Å². The predicted octanol–water partition coefficient (Wildman–Crippen LogP) is 4.17. The smallest absolute Gasteiger partial charge is 0.126 e. The van der Waals surface area contributed by atoms with Crippen LogP contribution in [0.1, 0.15) is 5.56 Å². The standard InChI is InChI=1S/C15H16FP/c1-11-4-5-13(10-15(11)16)12-6-8-14(9-7-12)17(2)3/h4-10H,1-3H3. The molecule has 0 aliphatic carbocycles. The van der Waals surface area contributed by atoms with Gasteiger partial charge in [-0.25, -0.2) is 4.39 Å². The van der Waals surface area contributed by atoms with E-state index in [-0.39, 0.29) is 13.7 Å². The van der Waals surface area contributed by atoms with E-state index in [2.05, 4.69) is 37.6 Å². The zero-order valence-corrected chi connectivity index (χ0v) is 11.3. The Hall–Kier alpha value is -1.20. The first-order valence-corrected chi connectivity index (χ1v) is 7.85. The van der Waals surface area contributed by atoms with Crippen LogP contribution in [-0.2, 0) is 0 Å². The van der Waals surface area contributed by atoms with Crippen molar-refractivity contribution in [2.75, 3.05) is 13.3 Å². The Morgan fingerprint density at radius 1 is 0.882 bits per heavy atom. The molecule has 0 radical (unpaired) electrons. The van der Waals surface area contributed by atoms with Gasteiger partial charge >= 0.3 is 0 Å². The molecule has 0 aliphatic rings. The highest BCUT2D eigenvalue weighted by atomic mass is 31.1. The molecule has 0 unspecified atom stereocenters. The van der Waals surface area contributed by atoms with Gasteiger partial charge in [0.25, 0.3) is 0 Å². The monoisotopic (exact) mass is 246 g/mol. The topological polar surface area (TPSA) is 0 Å². The predicted molar refractivity (Wildman–Crippen MR) is 75.0 cm³/mol. The average Bonchev–Trinajstić information content (AvgIpc) is 2.33. The van der Waals surface area contributed by atoms with Gasteiger partial charge in [0.05, 0.1) is 0 Å². The minimum atomic E-state index is -0.139. The minimum Gasteiger partial charge on any atom is -0.207 e. The van der Waals surface area contributed by atoms with Crippen molar-refractivity contribution in [3.63, 3.8) is 0 Å². The molecule has 88 valence electrons. The molecule has 2 rings (SSSR count). The van der Waals surface area contributed by atoms with Gasteiger partial charge in [0.1, 0.15) is 5.82 Å². The van der Waals surface area contributed by atoms with E-state index in [0.29, 0.717) is 5.56 Å². The Morgan fingerprint density at radius 2 is 1.47 bits per heavy atom. The van der Waals surface area contributed by atoms with E-state index in [1.165, 1.54) is 5.30 Å². The van der Waals surface area contributed by atoms with Crippen molar-refractivity contribution in [1.29, 1.82) is 0 Å². The molecule has 0 spiro atoms. The third kappa shape index (κ3) is 2.73. The first-order chi connectivity index (χ1) is 8.08. The molecule has 17 heavy (non-hydrogen) atoms. The molecule has 0 saturated carbocycles. The summed E-state index contributed by atoms with van der Waals surface area (Å²) in [5.41, 5.74) is 2.71. The molecular formula is C15H16FP. The van der Waals surface area contributed by atoms with Crippen molar-refractivity contribution in [2.24, 2.45) is 0 Å². The molecule has 2 heteroatoms. The largest absolute Gasteiger partial charge is 0.207 e. The van der Waals surface area contributed by atoms with Gasteiger partial charge < -0.3 is 0 Å². The van der Waals surface area contributed by atoms with Crippen LogP contribution in [0.3, 0.4) is 0 Å². The lowest BCUT2D eigenvalue weighted by Crippen LogP contribution is -1.97. The first kappa shape index (κ1) is 12.3. The fourth-order valence-electron chi connectivity index (χ4n) is 1.72. The second-order valence-corrected chi connectivity index (χ2v) is 6.71. The molecule has 2 aromatic rings. The van der Waals surface area contributed by atoms with Crippen molar-refractivity contribution < 1.29 is 4.39 Å². The number of aryl methyl sites for hydroxylation is 1. The van der Waals surface area contributed by atoms with Crippen LogP contribution in [-0.4, -0.2) is 13.3 Å². The lowest BCUT2D eigenvalue weighted by atomic mass is 10.0. The summed E-state index contributed by atoms with van der Waals surface area (Å²) < 4.78 is 13.5. The van der Waals surface area contributed by atoms with E-state index >= 15 is 0 Å². The second kappa shape index (κ2) is 4.98. The van der Waals surface area contributed by atoms with Crippen molar-refractivity contribution in [2.45, 2.75) is 6.92 Å². The van der Waals surface area contributed by atoms with E-state index in [0.717, 1.165) is 11.1 Å². The zero-order chi connectivity index (χ0) is 12.4. The molecule has 0 saturated heterocycles. The van der Waals surface area contributed by atoms with Crippen LogP contribution in [0.15, 0.2) is 42.5 Å². The van der Waals surface area contributed by atoms with E-state index in [9.17, 15) is 4.39 Å². The SMILES string of the molecule is Cc1ccc(-c2ccc(P(C)C)cc2)cc1F. The highest BCUT2D eigenvalue weighted by Crippen LogP contribution is 2.26. The summed E-state index contributed by atoms with van der Waals surface area (Å²) in [5, 5.41) is 1.37. The van der Waals surface area contributed by atoms with Gasteiger partial charge in [0, 0.05) is 0 Å². The number of hydrogen-bond acceptors (Lipinski definition) is 0. The summed E-state index contributed by atoms with van der Waals surface area (Å²) in [7, 11) is -0.0623. The van der Waals surface area contributed by atoms with Gasteiger partial charge in [-0.3, -0.25) is 0 Å². The van der Waals surface area contributed by atoms with Gasteiger partial charge in [-0.05, 0) is 48.3 Å². The summed E-state index contributed by atoms with van der Waals surface area (Å²) in [6.07, 6.45) is 0. The Labute approximate surface area is 103 Å². The highest BCUT2D eigenvalue weighted by Gasteiger charge is 2.03. The average molecular weight is 246 g/mol. The normalized spacial score (nSPS) is 10.9. The number of rotatable bonds is 2. The zero-order valence-electron chi connectivity index (χ0n) is 10.4.